The minimum atomic E-state index is -0.192. The van der Waals surface area contributed by atoms with Gasteiger partial charge in [0.15, 0.2) is 0 Å². The van der Waals surface area contributed by atoms with E-state index in [9.17, 15) is 9.18 Å². The van der Waals surface area contributed by atoms with E-state index in [0.29, 0.717) is 0 Å². The van der Waals surface area contributed by atoms with Crippen LogP contribution in [-0.2, 0) is 24.3 Å². The number of nitrogens with zero attached hydrogens (tertiary/aromatic N) is 2. The van der Waals surface area contributed by atoms with Crippen LogP contribution in [-0.4, -0.2) is 47.9 Å². The number of carbonyl (C=O) groups is 1. The van der Waals surface area contributed by atoms with Gasteiger partial charge in [0.2, 0.25) is 5.91 Å². The quantitative estimate of drug-likeness (QED) is 0.906. The molecule has 0 unspecified atom stereocenters. The zero-order chi connectivity index (χ0) is 18.6. The highest BCUT2D eigenvalue weighted by molar-refractivity contribution is 5.82. The first-order valence-corrected chi connectivity index (χ1v) is 9.75. The molecule has 2 heterocycles. The number of rotatable bonds is 3. The summed E-state index contributed by atoms with van der Waals surface area (Å²) in [5.41, 5.74) is 3.55. The highest BCUT2D eigenvalue weighted by atomic mass is 19.1. The number of hydrogen-bond acceptors (Lipinski definition) is 3. The van der Waals surface area contributed by atoms with E-state index in [1.807, 2.05) is 23.1 Å². The van der Waals surface area contributed by atoms with Crippen molar-refractivity contribution in [3.05, 3.63) is 71.0 Å². The predicted octanol–water partition coefficient (Wildman–Crippen LogP) is 2.57. The van der Waals surface area contributed by atoms with E-state index in [0.717, 1.165) is 57.7 Å². The molecule has 2 aliphatic heterocycles. The van der Waals surface area contributed by atoms with Gasteiger partial charge in [-0.2, -0.15) is 0 Å². The minimum Gasteiger partial charge on any atom is -0.340 e. The summed E-state index contributed by atoms with van der Waals surface area (Å²) in [5.74, 6) is 0.0138. The third-order valence-corrected chi connectivity index (χ3v) is 5.57. The third kappa shape index (κ3) is 4.37. The van der Waals surface area contributed by atoms with Gasteiger partial charge in [-0.1, -0.05) is 36.4 Å². The van der Waals surface area contributed by atoms with E-state index >= 15 is 0 Å². The SMILES string of the molecule is O=C([C@H]1Cc2ccccc2CN1)N1CCCN(Cc2cccc(F)c2)CC1. The third-order valence-electron chi connectivity index (χ3n) is 5.57. The van der Waals surface area contributed by atoms with E-state index in [-0.39, 0.29) is 17.8 Å². The highest BCUT2D eigenvalue weighted by Crippen LogP contribution is 2.18. The van der Waals surface area contributed by atoms with Gasteiger partial charge in [-0.3, -0.25) is 9.69 Å². The summed E-state index contributed by atoms with van der Waals surface area (Å²) in [6, 6.07) is 15.0. The molecule has 1 atom stereocenters. The van der Waals surface area contributed by atoms with Crippen LogP contribution in [0.3, 0.4) is 0 Å². The van der Waals surface area contributed by atoms with Crippen LogP contribution in [0.4, 0.5) is 4.39 Å². The Hall–Kier alpha value is -2.24. The molecule has 1 fully saturated rings. The van der Waals surface area contributed by atoms with Crippen LogP contribution >= 0.6 is 0 Å². The second kappa shape index (κ2) is 8.19. The van der Waals surface area contributed by atoms with Crippen molar-refractivity contribution in [1.82, 2.24) is 15.1 Å². The summed E-state index contributed by atoms with van der Waals surface area (Å²) in [6.07, 6.45) is 1.71. The van der Waals surface area contributed by atoms with Crippen LogP contribution in [0.25, 0.3) is 0 Å². The smallest absolute Gasteiger partial charge is 0.240 e. The molecule has 0 aromatic heterocycles. The van der Waals surface area contributed by atoms with Crippen molar-refractivity contribution >= 4 is 5.91 Å². The number of amides is 1. The second-order valence-electron chi connectivity index (χ2n) is 7.49. The molecule has 0 saturated carbocycles. The molecular formula is C22H26FN3O. The lowest BCUT2D eigenvalue weighted by Gasteiger charge is -2.30. The van der Waals surface area contributed by atoms with Crippen molar-refractivity contribution in [2.24, 2.45) is 0 Å². The molecule has 1 amide bonds. The van der Waals surface area contributed by atoms with Crippen LogP contribution in [0.2, 0.25) is 0 Å². The van der Waals surface area contributed by atoms with E-state index in [1.54, 1.807) is 12.1 Å². The molecule has 0 spiro atoms. The van der Waals surface area contributed by atoms with Gasteiger partial charge in [-0.25, -0.2) is 4.39 Å². The Bertz CT molecular complexity index is 810. The van der Waals surface area contributed by atoms with Crippen molar-refractivity contribution in [1.29, 1.82) is 0 Å². The van der Waals surface area contributed by atoms with E-state index < -0.39 is 0 Å². The Morgan fingerprint density at radius 3 is 2.74 bits per heavy atom. The fraction of sp³-hybridized carbons (Fsp3) is 0.409. The standard InChI is InChI=1S/C22H26FN3O/c23-20-8-3-5-17(13-20)16-25-9-4-10-26(12-11-25)22(27)21-14-18-6-1-2-7-19(18)15-24-21/h1-3,5-8,13,21,24H,4,9-12,14-16H2/t21-/m1/s1. The monoisotopic (exact) mass is 367 g/mol. The van der Waals surface area contributed by atoms with Crippen molar-refractivity contribution in [3.8, 4) is 0 Å². The summed E-state index contributed by atoms with van der Waals surface area (Å²) >= 11 is 0. The van der Waals surface area contributed by atoms with Crippen LogP contribution in [0.5, 0.6) is 0 Å². The predicted molar refractivity (Wildman–Crippen MR) is 104 cm³/mol. The molecule has 0 bridgehead atoms. The Labute approximate surface area is 160 Å². The number of nitrogens with one attached hydrogen (secondary N) is 1. The fourth-order valence-corrected chi connectivity index (χ4v) is 4.09. The number of fused-ring (bicyclic) bond motifs is 1. The summed E-state index contributed by atoms with van der Waals surface area (Å²) < 4.78 is 13.4. The van der Waals surface area contributed by atoms with Crippen molar-refractivity contribution in [2.75, 3.05) is 26.2 Å². The van der Waals surface area contributed by atoms with Crippen LogP contribution < -0.4 is 5.32 Å². The Balaban J connectivity index is 1.35. The molecule has 2 aromatic rings. The Morgan fingerprint density at radius 1 is 1.04 bits per heavy atom. The average molecular weight is 367 g/mol. The van der Waals surface area contributed by atoms with E-state index in [2.05, 4.69) is 22.3 Å². The molecule has 0 radical (unpaired) electrons. The molecule has 142 valence electrons. The van der Waals surface area contributed by atoms with E-state index in [4.69, 9.17) is 0 Å². The summed E-state index contributed by atoms with van der Waals surface area (Å²) in [7, 11) is 0. The maximum Gasteiger partial charge on any atom is 0.240 e. The zero-order valence-electron chi connectivity index (χ0n) is 15.5. The van der Waals surface area contributed by atoms with Crippen molar-refractivity contribution in [3.63, 3.8) is 0 Å². The molecule has 27 heavy (non-hydrogen) atoms. The molecule has 2 aromatic carbocycles. The zero-order valence-corrected chi connectivity index (χ0v) is 15.5. The maximum absolute atomic E-state index is 13.4. The summed E-state index contributed by atoms with van der Waals surface area (Å²) in [6.45, 7) is 4.76. The molecule has 0 aliphatic carbocycles. The first kappa shape index (κ1) is 18.1. The van der Waals surface area contributed by atoms with Crippen molar-refractivity contribution < 1.29 is 9.18 Å². The van der Waals surface area contributed by atoms with Gasteiger partial charge < -0.3 is 10.2 Å². The van der Waals surface area contributed by atoms with Gasteiger partial charge in [-0.05, 0) is 41.7 Å². The number of hydrogen-bond donors (Lipinski definition) is 1. The molecular weight excluding hydrogens is 341 g/mol. The van der Waals surface area contributed by atoms with Gasteiger partial charge in [0.25, 0.3) is 0 Å². The normalized spacial score (nSPS) is 20.8. The molecule has 1 saturated heterocycles. The lowest BCUT2D eigenvalue weighted by atomic mass is 9.95. The van der Waals surface area contributed by atoms with Crippen LogP contribution in [0.1, 0.15) is 23.1 Å². The molecule has 4 rings (SSSR count). The average Bonchev–Trinajstić information content (AvgIpc) is 2.93. The molecule has 2 aliphatic rings. The lowest BCUT2D eigenvalue weighted by Crippen LogP contribution is -2.50. The minimum absolute atomic E-state index is 0.130. The van der Waals surface area contributed by atoms with Crippen molar-refractivity contribution in [2.45, 2.75) is 32.0 Å². The van der Waals surface area contributed by atoms with Gasteiger partial charge in [0.1, 0.15) is 5.82 Å². The van der Waals surface area contributed by atoms with Crippen LogP contribution in [0.15, 0.2) is 48.5 Å². The first-order chi connectivity index (χ1) is 13.2. The Morgan fingerprint density at radius 2 is 1.89 bits per heavy atom. The van der Waals surface area contributed by atoms with Gasteiger partial charge in [-0.15, -0.1) is 0 Å². The summed E-state index contributed by atoms with van der Waals surface area (Å²) in [5, 5.41) is 3.40. The molecule has 1 N–H and O–H groups in total. The first-order valence-electron chi connectivity index (χ1n) is 9.75. The number of benzene rings is 2. The number of halogens is 1. The van der Waals surface area contributed by atoms with Gasteiger partial charge >= 0.3 is 0 Å². The topological polar surface area (TPSA) is 35.6 Å². The van der Waals surface area contributed by atoms with E-state index in [1.165, 1.54) is 17.2 Å². The Kier molecular flexibility index (Phi) is 5.50. The fourth-order valence-electron chi connectivity index (χ4n) is 4.09. The van der Waals surface area contributed by atoms with Crippen LogP contribution in [0, 0.1) is 5.82 Å². The largest absolute Gasteiger partial charge is 0.340 e. The summed E-state index contributed by atoms with van der Waals surface area (Å²) in [4.78, 5) is 17.3. The van der Waals surface area contributed by atoms with Gasteiger partial charge in [0.05, 0.1) is 6.04 Å². The second-order valence-corrected chi connectivity index (χ2v) is 7.49. The number of carbonyl (C=O) groups excluding carboxylic acids is 1. The lowest BCUT2D eigenvalue weighted by molar-refractivity contribution is -0.133. The highest BCUT2D eigenvalue weighted by Gasteiger charge is 2.29. The maximum atomic E-state index is 13.4. The molecule has 4 nitrogen and oxygen atoms in total. The molecule has 5 heteroatoms. The van der Waals surface area contributed by atoms with Gasteiger partial charge in [0, 0.05) is 39.3 Å².